The Morgan fingerprint density at radius 2 is 1.89 bits per heavy atom. The number of aliphatic hydroxyl groups excluding tert-OH is 2. The lowest BCUT2D eigenvalue weighted by molar-refractivity contribution is -0.218. The summed E-state index contributed by atoms with van der Waals surface area (Å²) in [5.41, 5.74) is -0.564. The SMILES string of the molecule is CC(C)(C)OC(=O)NCCNC(=S)N[C@@H](CO)[C@H]1O[C@@H]2OC(C)(C)O[C@@H]2[C@H]1O. The zero-order chi connectivity index (χ0) is 21.1. The number of alkyl carbamates (subject to hydrolysis) is 1. The highest BCUT2D eigenvalue weighted by atomic mass is 32.1. The topological polar surface area (TPSA) is 131 Å². The van der Waals surface area contributed by atoms with Crippen molar-refractivity contribution in [1.29, 1.82) is 0 Å². The third-order valence-corrected chi connectivity index (χ3v) is 4.30. The van der Waals surface area contributed by atoms with Crippen LogP contribution >= 0.6 is 12.2 Å². The predicted molar refractivity (Wildman–Crippen MR) is 104 cm³/mol. The average Bonchev–Trinajstić information content (AvgIpc) is 3.01. The minimum atomic E-state index is -0.979. The summed E-state index contributed by atoms with van der Waals surface area (Å²) in [5.74, 6) is -0.832. The van der Waals surface area contributed by atoms with Crippen LogP contribution in [0.2, 0.25) is 0 Å². The first-order valence-electron chi connectivity index (χ1n) is 9.23. The van der Waals surface area contributed by atoms with Gasteiger partial charge in [-0.25, -0.2) is 4.79 Å². The van der Waals surface area contributed by atoms with E-state index in [1.807, 2.05) is 0 Å². The van der Waals surface area contributed by atoms with Crippen molar-refractivity contribution in [1.82, 2.24) is 16.0 Å². The van der Waals surface area contributed by atoms with Gasteiger partial charge in [0.25, 0.3) is 0 Å². The van der Waals surface area contributed by atoms with E-state index in [0.717, 1.165) is 0 Å². The lowest BCUT2D eigenvalue weighted by Gasteiger charge is -2.29. The Morgan fingerprint density at radius 3 is 2.46 bits per heavy atom. The van der Waals surface area contributed by atoms with Gasteiger partial charge >= 0.3 is 6.09 Å². The third-order valence-electron chi connectivity index (χ3n) is 4.04. The van der Waals surface area contributed by atoms with Crippen LogP contribution in [0.4, 0.5) is 4.79 Å². The van der Waals surface area contributed by atoms with Crippen LogP contribution in [0.3, 0.4) is 0 Å². The van der Waals surface area contributed by atoms with E-state index < -0.39 is 48.1 Å². The number of hydrogen-bond donors (Lipinski definition) is 5. The van der Waals surface area contributed by atoms with E-state index in [1.165, 1.54) is 0 Å². The molecule has 1 amide bonds. The summed E-state index contributed by atoms with van der Waals surface area (Å²) in [7, 11) is 0. The fourth-order valence-electron chi connectivity index (χ4n) is 2.95. The summed E-state index contributed by atoms with van der Waals surface area (Å²) in [6.07, 6.45) is -3.58. The molecule has 5 atom stereocenters. The zero-order valence-corrected chi connectivity index (χ0v) is 17.7. The van der Waals surface area contributed by atoms with Gasteiger partial charge < -0.3 is 45.1 Å². The van der Waals surface area contributed by atoms with Crippen molar-refractivity contribution in [2.75, 3.05) is 19.7 Å². The Bertz CT molecular complexity index is 569. The molecule has 5 N–H and O–H groups in total. The van der Waals surface area contributed by atoms with Crippen LogP contribution in [0.1, 0.15) is 34.6 Å². The van der Waals surface area contributed by atoms with Gasteiger partial charge in [-0.2, -0.15) is 0 Å². The van der Waals surface area contributed by atoms with Gasteiger partial charge in [0.1, 0.15) is 23.9 Å². The molecule has 2 heterocycles. The number of hydrogen-bond acceptors (Lipinski definition) is 8. The van der Waals surface area contributed by atoms with E-state index >= 15 is 0 Å². The largest absolute Gasteiger partial charge is 0.444 e. The van der Waals surface area contributed by atoms with Gasteiger partial charge in [0.05, 0.1) is 12.6 Å². The maximum absolute atomic E-state index is 11.6. The highest BCUT2D eigenvalue weighted by Gasteiger charge is 2.56. The molecule has 0 unspecified atom stereocenters. The normalized spacial score (nSPS) is 29.7. The number of rotatable bonds is 6. The molecule has 0 radical (unpaired) electrons. The van der Waals surface area contributed by atoms with Gasteiger partial charge in [-0.05, 0) is 46.8 Å². The van der Waals surface area contributed by atoms with Crippen LogP contribution in [0.15, 0.2) is 0 Å². The molecule has 0 aromatic heterocycles. The van der Waals surface area contributed by atoms with Crippen molar-refractivity contribution in [3.05, 3.63) is 0 Å². The lowest BCUT2D eigenvalue weighted by atomic mass is 10.0. The summed E-state index contributed by atoms with van der Waals surface area (Å²) in [6, 6.07) is -0.658. The fraction of sp³-hybridized carbons (Fsp3) is 0.882. The van der Waals surface area contributed by atoms with Crippen LogP contribution in [-0.4, -0.2) is 83.1 Å². The van der Waals surface area contributed by atoms with Crippen molar-refractivity contribution in [3.63, 3.8) is 0 Å². The molecule has 2 saturated heterocycles. The molecule has 2 rings (SSSR count). The monoisotopic (exact) mass is 421 g/mol. The third kappa shape index (κ3) is 6.39. The van der Waals surface area contributed by atoms with Crippen molar-refractivity contribution >= 4 is 23.4 Å². The van der Waals surface area contributed by atoms with Crippen molar-refractivity contribution in [3.8, 4) is 0 Å². The van der Waals surface area contributed by atoms with Gasteiger partial charge in [-0.15, -0.1) is 0 Å². The molecule has 0 bridgehead atoms. The molecule has 10 nitrogen and oxygen atoms in total. The van der Waals surface area contributed by atoms with Crippen molar-refractivity contribution in [2.45, 2.75) is 76.7 Å². The van der Waals surface area contributed by atoms with E-state index in [4.69, 9.17) is 31.2 Å². The molecule has 2 fully saturated rings. The highest BCUT2D eigenvalue weighted by Crippen LogP contribution is 2.38. The molecular weight excluding hydrogens is 390 g/mol. The van der Waals surface area contributed by atoms with E-state index in [9.17, 15) is 15.0 Å². The summed E-state index contributed by atoms with van der Waals surface area (Å²) in [6.45, 7) is 9.15. The smallest absolute Gasteiger partial charge is 0.407 e. The molecule has 2 aliphatic rings. The number of nitrogens with one attached hydrogen (secondary N) is 3. The minimum Gasteiger partial charge on any atom is -0.444 e. The Morgan fingerprint density at radius 1 is 1.25 bits per heavy atom. The van der Waals surface area contributed by atoms with Gasteiger partial charge in [0, 0.05) is 13.1 Å². The molecular formula is C17H31N3O7S. The Kier molecular flexibility index (Phi) is 7.45. The number of amides is 1. The molecule has 0 saturated carbocycles. The Balaban J connectivity index is 1.73. The fourth-order valence-corrected chi connectivity index (χ4v) is 3.21. The average molecular weight is 422 g/mol. The minimum absolute atomic E-state index is 0.250. The van der Waals surface area contributed by atoms with E-state index in [2.05, 4.69) is 16.0 Å². The second-order valence-corrected chi connectivity index (χ2v) is 8.59. The Labute approximate surface area is 170 Å². The lowest BCUT2D eigenvalue weighted by Crippen LogP contribution is -2.54. The Hall–Kier alpha value is -1.24. The zero-order valence-electron chi connectivity index (χ0n) is 16.9. The molecule has 11 heteroatoms. The highest BCUT2D eigenvalue weighted by molar-refractivity contribution is 7.80. The molecule has 28 heavy (non-hydrogen) atoms. The molecule has 0 aromatic carbocycles. The number of aliphatic hydroxyl groups is 2. The molecule has 0 spiro atoms. The van der Waals surface area contributed by atoms with E-state index in [-0.39, 0.29) is 11.7 Å². The van der Waals surface area contributed by atoms with Gasteiger partial charge in [0.15, 0.2) is 17.2 Å². The van der Waals surface area contributed by atoms with E-state index in [1.54, 1.807) is 34.6 Å². The van der Waals surface area contributed by atoms with E-state index in [0.29, 0.717) is 13.1 Å². The first-order chi connectivity index (χ1) is 12.9. The number of fused-ring (bicyclic) bond motifs is 1. The summed E-state index contributed by atoms with van der Waals surface area (Å²) >= 11 is 5.20. The van der Waals surface area contributed by atoms with Crippen LogP contribution in [0.25, 0.3) is 0 Å². The van der Waals surface area contributed by atoms with Crippen molar-refractivity contribution in [2.24, 2.45) is 0 Å². The standard InChI is InChI=1S/C17H31N3O7S/c1-16(2,3)27-15(23)19-7-6-18-14(28)20-9(8-21)11-10(22)12-13(24-11)26-17(4,5)25-12/h9-13,21-22H,6-8H2,1-5H3,(H,19,23)(H2,18,20,28)/t9-,10-,11+,12+,13+/m0/s1. The first-order valence-corrected chi connectivity index (χ1v) is 9.64. The quantitative estimate of drug-likeness (QED) is 0.284. The summed E-state index contributed by atoms with van der Waals surface area (Å²) in [5, 5.41) is 28.8. The number of ether oxygens (including phenoxy) is 4. The van der Waals surface area contributed by atoms with Crippen LogP contribution in [0, 0.1) is 0 Å². The molecule has 0 aliphatic carbocycles. The van der Waals surface area contributed by atoms with Crippen LogP contribution in [-0.2, 0) is 18.9 Å². The van der Waals surface area contributed by atoms with Gasteiger partial charge in [-0.3, -0.25) is 0 Å². The van der Waals surface area contributed by atoms with Crippen LogP contribution < -0.4 is 16.0 Å². The maximum atomic E-state index is 11.6. The first kappa shape index (κ1) is 23.0. The number of carbonyl (C=O) groups excluding carboxylic acids is 1. The van der Waals surface area contributed by atoms with Gasteiger partial charge in [0.2, 0.25) is 0 Å². The maximum Gasteiger partial charge on any atom is 0.407 e. The molecule has 162 valence electrons. The van der Waals surface area contributed by atoms with Gasteiger partial charge in [-0.1, -0.05) is 0 Å². The second kappa shape index (κ2) is 9.06. The molecule has 0 aromatic rings. The second-order valence-electron chi connectivity index (χ2n) is 8.18. The van der Waals surface area contributed by atoms with Crippen molar-refractivity contribution < 1.29 is 34.0 Å². The van der Waals surface area contributed by atoms with Crippen LogP contribution in [0.5, 0.6) is 0 Å². The number of thiocarbonyl (C=S) groups is 1. The molecule has 2 aliphatic heterocycles. The number of carbonyl (C=O) groups is 1. The summed E-state index contributed by atoms with van der Waals surface area (Å²) < 4.78 is 22.1. The summed E-state index contributed by atoms with van der Waals surface area (Å²) in [4.78, 5) is 11.6. The predicted octanol–water partition coefficient (Wildman–Crippen LogP) is -0.427.